The molecule has 316 valence electrons. The van der Waals surface area contributed by atoms with E-state index in [4.69, 9.17) is 0 Å². The lowest BCUT2D eigenvalue weighted by Gasteiger charge is -2.22. The van der Waals surface area contributed by atoms with E-state index in [2.05, 4.69) is 30.9 Å². The molecule has 7 amide bonds. The van der Waals surface area contributed by atoms with Crippen LogP contribution in [0.25, 0.3) is 0 Å². The number of hydrogen-bond acceptors (Lipinski definition) is 14. The average molecular weight is 845 g/mol. The maximum Gasteiger partial charge on any atom is 0.315 e. The largest absolute Gasteiger partial charge is 0.355 e. The van der Waals surface area contributed by atoms with Gasteiger partial charge in [0.15, 0.2) is 0 Å². The highest BCUT2D eigenvalue weighted by Gasteiger charge is 2.20. The molecule has 1 aromatic heterocycles. The van der Waals surface area contributed by atoms with Crippen molar-refractivity contribution in [2.75, 3.05) is 36.9 Å². The maximum absolute atomic E-state index is 11.6. The standard InChI is InChI=1S/C13H25N3O4S.C10H15N3O5S.C8H16N2O4S/c1-10(2)12(17)16-21(19,20)9-8-14-13(18)15-11-6-4-3-5-7-11;1-7(2)9(14)13-19(16,17)6-5-11-10(15)8-3-4-12-18-8;1-6(2)8(12)10-15(13,14)5-4-9-7(3)11/h10-11H,3-9H2,1-2H3,(H,16,17)(H2,14,15,18);3-4,7H,5-6H2,1-2H3,(H,11,15)(H,13,14);6H,4-5H2,1-3H3,(H,9,11)(H,10,12). The van der Waals surface area contributed by atoms with Gasteiger partial charge in [0.2, 0.25) is 59.5 Å². The van der Waals surface area contributed by atoms with E-state index in [1.807, 2.05) is 14.2 Å². The number of sulfonamides is 3. The highest BCUT2D eigenvalue weighted by molar-refractivity contribution is 7.90. The first-order chi connectivity index (χ1) is 25.4. The van der Waals surface area contributed by atoms with Crippen LogP contribution >= 0.6 is 0 Å². The summed E-state index contributed by atoms with van der Waals surface area (Å²) in [6, 6.07) is 1.17. The minimum absolute atomic E-state index is 0.00393. The van der Waals surface area contributed by atoms with E-state index in [0.717, 1.165) is 25.7 Å². The van der Waals surface area contributed by atoms with Gasteiger partial charge in [-0.25, -0.2) is 30.0 Å². The van der Waals surface area contributed by atoms with E-state index in [0.29, 0.717) is 0 Å². The summed E-state index contributed by atoms with van der Waals surface area (Å²) >= 11 is 0. The van der Waals surface area contributed by atoms with Gasteiger partial charge in [-0.05, 0) is 12.8 Å². The molecule has 1 heterocycles. The van der Waals surface area contributed by atoms with E-state index in [-0.39, 0.29) is 60.8 Å². The number of amides is 7. The molecule has 0 atom stereocenters. The molecule has 0 aromatic carbocycles. The van der Waals surface area contributed by atoms with Gasteiger partial charge >= 0.3 is 6.03 Å². The van der Waals surface area contributed by atoms with Crippen LogP contribution in [0.5, 0.6) is 0 Å². The number of hydrogen-bond donors (Lipinski definition) is 7. The Labute approximate surface area is 323 Å². The number of aromatic nitrogens is 1. The zero-order chi connectivity index (χ0) is 42.4. The van der Waals surface area contributed by atoms with Crippen molar-refractivity contribution in [1.82, 2.24) is 40.6 Å². The van der Waals surface area contributed by atoms with E-state index in [1.54, 1.807) is 41.5 Å². The van der Waals surface area contributed by atoms with Gasteiger partial charge in [0.25, 0.3) is 5.91 Å². The third-order valence-electron chi connectivity index (χ3n) is 7.00. The molecule has 1 aliphatic carbocycles. The molecule has 24 heteroatoms. The number of carbonyl (C=O) groups excluding carboxylic acids is 6. The number of urea groups is 1. The fourth-order valence-corrected chi connectivity index (χ4v) is 6.87. The van der Waals surface area contributed by atoms with Crippen molar-refractivity contribution in [3.63, 3.8) is 0 Å². The molecule has 7 N–H and O–H groups in total. The third-order valence-corrected chi connectivity index (χ3v) is 10.8. The average Bonchev–Trinajstić information content (AvgIpc) is 3.60. The number of nitrogens with zero attached hydrogens (tertiary/aromatic N) is 1. The molecule has 0 aliphatic heterocycles. The predicted octanol–water partition coefficient (Wildman–Crippen LogP) is -0.549. The van der Waals surface area contributed by atoms with Crippen molar-refractivity contribution in [1.29, 1.82) is 0 Å². The van der Waals surface area contributed by atoms with E-state index >= 15 is 0 Å². The molecule has 1 aromatic rings. The van der Waals surface area contributed by atoms with Crippen molar-refractivity contribution < 1.29 is 58.5 Å². The monoisotopic (exact) mass is 844 g/mol. The van der Waals surface area contributed by atoms with Gasteiger partial charge < -0.3 is 25.8 Å². The van der Waals surface area contributed by atoms with Crippen molar-refractivity contribution in [2.45, 2.75) is 86.6 Å². The van der Waals surface area contributed by atoms with Crippen molar-refractivity contribution in [3.8, 4) is 0 Å². The minimum atomic E-state index is -3.75. The minimum Gasteiger partial charge on any atom is -0.355 e. The van der Waals surface area contributed by atoms with Gasteiger partial charge in [0.1, 0.15) is 0 Å². The molecule has 1 aliphatic rings. The quantitative estimate of drug-likeness (QED) is 0.104. The Balaban J connectivity index is 0.000000808. The molecule has 2 rings (SSSR count). The molecule has 21 nitrogen and oxygen atoms in total. The van der Waals surface area contributed by atoms with Crippen molar-refractivity contribution in [2.24, 2.45) is 17.8 Å². The lowest BCUT2D eigenvalue weighted by atomic mass is 9.96. The van der Waals surface area contributed by atoms with E-state index in [9.17, 15) is 54.0 Å². The number of carbonyl (C=O) groups is 6. The van der Waals surface area contributed by atoms with Gasteiger partial charge in [-0.2, -0.15) is 0 Å². The zero-order valence-electron chi connectivity index (χ0n) is 32.2. The lowest BCUT2D eigenvalue weighted by molar-refractivity contribution is -0.123. The number of nitrogens with one attached hydrogen (secondary N) is 7. The van der Waals surface area contributed by atoms with Crippen LogP contribution in [0, 0.1) is 17.8 Å². The van der Waals surface area contributed by atoms with Gasteiger partial charge in [0.05, 0.1) is 23.5 Å². The lowest BCUT2D eigenvalue weighted by Crippen LogP contribution is -2.45. The Morgan fingerprint density at radius 1 is 0.655 bits per heavy atom. The summed E-state index contributed by atoms with van der Waals surface area (Å²) < 4.78 is 79.1. The van der Waals surface area contributed by atoms with Gasteiger partial charge in [-0.15, -0.1) is 0 Å². The Hall–Kier alpha value is -4.32. The summed E-state index contributed by atoms with van der Waals surface area (Å²) in [5.74, 6) is -4.78. The van der Waals surface area contributed by atoms with Gasteiger partial charge in [-0.3, -0.25) is 38.1 Å². The van der Waals surface area contributed by atoms with Crippen molar-refractivity contribution >= 4 is 65.6 Å². The van der Waals surface area contributed by atoms with Gasteiger partial charge in [-0.1, -0.05) is 66.0 Å². The van der Waals surface area contributed by atoms with Crippen LogP contribution in [0.1, 0.15) is 91.1 Å². The van der Waals surface area contributed by atoms with Crippen LogP contribution in [0.15, 0.2) is 16.8 Å². The predicted molar refractivity (Wildman–Crippen MR) is 201 cm³/mol. The van der Waals surface area contributed by atoms with E-state index in [1.165, 1.54) is 25.6 Å². The fraction of sp³-hybridized carbons (Fsp3) is 0.710. The molecule has 0 saturated heterocycles. The zero-order valence-corrected chi connectivity index (χ0v) is 34.7. The molecule has 55 heavy (non-hydrogen) atoms. The highest BCUT2D eigenvalue weighted by atomic mass is 32.2. The summed E-state index contributed by atoms with van der Waals surface area (Å²) in [6.07, 6.45) is 6.66. The second-order valence-electron chi connectivity index (χ2n) is 13.2. The van der Waals surface area contributed by atoms with Crippen LogP contribution < -0.4 is 35.4 Å². The Morgan fingerprint density at radius 3 is 1.42 bits per heavy atom. The fourth-order valence-electron chi connectivity index (χ4n) is 3.83. The topological polar surface area (TPSA) is 315 Å². The van der Waals surface area contributed by atoms with Crippen LogP contribution in [0.4, 0.5) is 4.79 Å². The smallest absolute Gasteiger partial charge is 0.315 e. The first kappa shape index (κ1) is 50.7. The number of rotatable bonds is 17. The molecule has 0 unspecified atom stereocenters. The molecular weight excluding hydrogens is 789 g/mol. The summed E-state index contributed by atoms with van der Waals surface area (Å²) in [5, 5.41) is 13.4. The third kappa shape index (κ3) is 25.4. The second-order valence-corrected chi connectivity index (χ2v) is 18.7. The molecule has 1 saturated carbocycles. The highest BCUT2D eigenvalue weighted by Crippen LogP contribution is 2.17. The summed E-state index contributed by atoms with van der Waals surface area (Å²) in [5.41, 5.74) is 0. The SMILES string of the molecule is CC(=O)NCCS(=O)(=O)NC(=O)C(C)C.CC(C)C(=O)NS(=O)(=O)CCNC(=O)NC1CCCCC1.CC(C)C(=O)NS(=O)(=O)CCNC(=O)c1ccno1. The Kier molecular flexibility index (Phi) is 23.0. The first-order valence-electron chi connectivity index (χ1n) is 17.5. The van der Waals surface area contributed by atoms with E-state index < -0.39 is 71.3 Å². The first-order valence-corrected chi connectivity index (χ1v) is 22.4. The summed E-state index contributed by atoms with van der Waals surface area (Å²) in [7, 11) is -11.1. The maximum atomic E-state index is 11.6. The molecular formula is C31H56N8O13S3. The Morgan fingerprint density at radius 2 is 1.05 bits per heavy atom. The molecule has 1 fully saturated rings. The Bertz CT molecular complexity index is 1730. The van der Waals surface area contributed by atoms with Crippen molar-refractivity contribution in [3.05, 3.63) is 18.0 Å². The van der Waals surface area contributed by atoms with Gasteiger partial charge in [0, 0.05) is 56.4 Å². The second kappa shape index (κ2) is 25.0. The normalized spacial score (nSPS) is 13.3. The summed E-state index contributed by atoms with van der Waals surface area (Å²) in [4.78, 5) is 67.1. The summed E-state index contributed by atoms with van der Waals surface area (Å²) in [6.45, 7) is 10.7. The molecule has 0 radical (unpaired) electrons. The molecule has 0 spiro atoms. The van der Waals surface area contributed by atoms with Crippen LogP contribution in [-0.2, 0) is 49.2 Å². The molecule has 0 bridgehead atoms. The van der Waals surface area contributed by atoms with Crippen LogP contribution in [-0.4, -0.2) is 109 Å². The van der Waals surface area contributed by atoms with Crippen LogP contribution in [0.3, 0.4) is 0 Å². The van der Waals surface area contributed by atoms with Crippen LogP contribution in [0.2, 0.25) is 0 Å².